The average molecular weight is 291 g/mol. The lowest BCUT2D eigenvalue weighted by atomic mass is 9.82. The van der Waals surface area contributed by atoms with Gasteiger partial charge in [0.15, 0.2) is 0 Å². The van der Waals surface area contributed by atoms with Gasteiger partial charge in [-0.3, -0.25) is 9.69 Å². The number of nitrogen functional groups attached to an aromatic ring is 1. The number of hydrogen-bond donors (Lipinski definition) is 3. The number of aliphatic hydroxyl groups is 1. The molecule has 0 spiro atoms. The highest BCUT2D eigenvalue weighted by molar-refractivity contribution is 5.95. The Bertz CT molecular complexity index is 512. The Balaban J connectivity index is 1.89. The van der Waals surface area contributed by atoms with Crippen LogP contribution in [0.1, 0.15) is 25.3 Å². The van der Waals surface area contributed by atoms with Crippen molar-refractivity contribution in [2.24, 2.45) is 5.92 Å². The molecule has 0 radical (unpaired) electrons. The molecule has 1 unspecified atom stereocenters. The van der Waals surface area contributed by atoms with Gasteiger partial charge in [-0.2, -0.15) is 0 Å². The third kappa shape index (κ3) is 3.95. The molecule has 5 nitrogen and oxygen atoms in total. The normalized spacial score (nSPS) is 22.7. The van der Waals surface area contributed by atoms with Crippen LogP contribution in [0.2, 0.25) is 0 Å². The minimum atomic E-state index is -0.209. The number of carbonyl (C=O) groups is 1. The maximum atomic E-state index is 12.3. The van der Waals surface area contributed by atoms with E-state index in [1.165, 1.54) is 0 Å². The van der Waals surface area contributed by atoms with E-state index < -0.39 is 0 Å². The molecular weight excluding hydrogens is 266 g/mol. The predicted octanol–water partition coefficient (Wildman–Crippen LogP) is 1.61. The molecule has 1 aromatic rings. The summed E-state index contributed by atoms with van der Waals surface area (Å²) in [6, 6.07) is 5.25. The van der Waals surface area contributed by atoms with Crippen molar-refractivity contribution in [2.75, 3.05) is 24.6 Å². The zero-order chi connectivity index (χ0) is 15.6. The van der Waals surface area contributed by atoms with Gasteiger partial charge in [-0.05, 0) is 63.4 Å². The molecule has 1 amide bonds. The maximum absolute atomic E-state index is 12.3. The van der Waals surface area contributed by atoms with E-state index in [0.717, 1.165) is 30.6 Å². The molecule has 1 aliphatic rings. The van der Waals surface area contributed by atoms with E-state index in [1.54, 1.807) is 6.07 Å². The van der Waals surface area contributed by atoms with E-state index in [2.05, 4.69) is 5.32 Å². The van der Waals surface area contributed by atoms with Gasteiger partial charge in [-0.15, -0.1) is 0 Å². The second-order valence-corrected chi connectivity index (χ2v) is 6.17. The number of benzene rings is 1. The van der Waals surface area contributed by atoms with Crippen LogP contribution in [0.4, 0.5) is 11.4 Å². The highest BCUT2D eigenvalue weighted by Crippen LogP contribution is 2.28. The van der Waals surface area contributed by atoms with Gasteiger partial charge in [0, 0.05) is 17.9 Å². The molecule has 0 saturated heterocycles. The molecule has 21 heavy (non-hydrogen) atoms. The van der Waals surface area contributed by atoms with Gasteiger partial charge >= 0.3 is 0 Å². The van der Waals surface area contributed by atoms with Crippen LogP contribution < -0.4 is 11.1 Å². The smallest absolute Gasteiger partial charge is 0.241 e. The number of anilines is 2. The van der Waals surface area contributed by atoms with E-state index in [9.17, 15) is 9.90 Å². The quantitative estimate of drug-likeness (QED) is 0.720. The number of likely N-dealkylation sites (N-methyl/N-ethyl adjacent to an activating group) is 1. The first-order valence-corrected chi connectivity index (χ1v) is 7.42. The van der Waals surface area contributed by atoms with E-state index in [1.807, 2.05) is 37.9 Å². The molecule has 1 atom stereocenters. The van der Waals surface area contributed by atoms with Crippen molar-refractivity contribution >= 4 is 17.3 Å². The minimum absolute atomic E-state index is 0.0229. The first kappa shape index (κ1) is 15.8. The molecular formula is C16H25N3O2. The van der Waals surface area contributed by atoms with Gasteiger partial charge in [-0.1, -0.05) is 0 Å². The zero-order valence-corrected chi connectivity index (χ0v) is 13.0. The van der Waals surface area contributed by atoms with E-state index in [-0.39, 0.29) is 18.1 Å². The van der Waals surface area contributed by atoms with Gasteiger partial charge < -0.3 is 16.2 Å². The van der Waals surface area contributed by atoms with Crippen molar-refractivity contribution in [3.63, 3.8) is 0 Å². The number of nitrogens with zero attached hydrogens (tertiary/aromatic N) is 1. The summed E-state index contributed by atoms with van der Waals surface area (Å²) in [6.45, 7) is 4.67. The Kier molecular flexibility index (Phi) is 4.85. The van der Waals surface area contributed by atoms with Crippen LogP contribution >= 0.6 is 0 Å². The molecule has 0 bridgehead atoms. The predicted molar refractivity (Wildman–Crippen MR) is 85.0 cm³/mol. The van der Waals surface area contributed by atoms with Crippen molar-refractivity contribution in [3.8, 4) is 0 Å². The molecule has 0 aromatic heterocycles. The highest BCUT2D eigenvalue weighted by atomic mass is 16.3. The van der Waals surface area contributed by atoms with Crippen LogP contribution in [0.15, 0.2) is 18.2 Å². The van der Waals surface area contributed by atoms with Crippen molar-refractivity contribution in [1.29, 1.82) is 0 Å². The fourth-order valence-electron chi connectivity index (χ4n) is 2.68. The van der Waals surface area contributed by atoms with Crippen molar-refractivity contribution in [3.05, 3.63) is 23.8 Å². The van der Waals surface area contributed by atoms with Gasteiger partial charge in [0.2, 0.25) is 5.91 Å². The number of aliphatic hydroxyl groups excluding tert-OH is 1. The lowest BCUT2D eigenvalue weighted by molar-refractivity contribution is -0.120. The summed E-state index contributed by atoms with van der Waals surface area (Å²) in [5.41, 5.74) is 8.16. The largest absolute Gasteiger partial charge is 0.399 e. The summed E-state index contributed by atoms with van der Waals surface area (Å²) in [5.74, 6) is 0.476. The molecule has 4 N–H and O–H groups in total. The van der Waals surface area contributed by atoms with Crippen LogP contribution in [-0.2, 0) is 4.79 Å². The number of nitrogens with one attached hydrogen (secondary N) is 1. The van der Waals surface area contributed by atoms with Gasteiger partial charge in [0.25, 0.3) is 0 Å². The Morgan fingerprint density at radius 2 is 2.19 bits per heavy atom. The van der Waals surface area contributed by atoms with Crippen molar-refractivity contribution in [1.82, 2.24) is 4.90 Å². The number of aryl methyl sites for hydroxylation is 1. The van der Waals surface area contributed by atoms with Crippen LogP contribution in [0.5, 0.6) is 0 Å². The molecule has 0 heterocycles. The summed E-state index contributed by atoms with van der Waals surface area (Å²) in [6.07, 6.45) is 1.54. The van der Waals surface area contributed by atoms with Crippen LogP contribution in [0.3, 0.4) is 0 Å². The SMILES string of the molecule is Cc1cc(N)ccc1NC(=O)C(C)N(C)CC1CC(O)C1. The standard InChI is InChI=1S/C16H25N3O2/c1-10-6-13(17)4-5-15(10)18-16(21)11(2)19(3)9-12-7-14(20)8-12/h4-6,11-12,14,20H,7-9,17H2,1-3H3,(H,18,21). The molecule has 5 heteroatoms. The highest BCUT2D eigenvalue weighted by Gasteiger charge is 2.30. The molecule has 0 aliphatic heterocycles. The van der Waals surface area contributed by atoms with E-state index in [4.69, 9.17) is 5.73 Å². The molecule has 2 rings (SSSR count). The summed E-state index contributed by atoms with van der Waals surface area (Å²) < 4.78 is 0. The fourth-order valence-corrected chi connectivity index (χ4v) is 2.68. The Labute approximate surface area is 126 Å². The summed E-state index contributed by atoms with van der Waals surface area (Å²) >= 11 is 0. The lowest BCUT2D eigenvalue weighted by Gasteiger charge is -2.36. The van der Waals surface area contributed by atoms with Crippen molar-refractivity contribution < 1.29 is 9.90 Å². The Morgan fingerprint density at radius 1 is 1.52 bits per heavy atom. The third-order valence-electron chi connectivity index (χ3n) is 4.31. The summed E-state index contributed by atoms with van der Waals surface area (Å²) in [5, 5.41) is 12.3. The lowest BCUT2D eigenvalue weighted by Crippen LogP contribution is -2.45. The van der Waals surface area contributed by atoms with Crippen molar-refractivity contribution in [2.45, 2.75) is 38.8 Å². The van der Waals surface area contributed by atoms with Crippen LogP contribution in [0.25, 0.3) is 0 Å². The van der Waals surface area contributed by atoms with Gasteiger partial charge in [0.05, 0.1) is 12.1 Å². The monoisotopic (exact) mass is 291 g/mol. The van der Waals surface area contributed by atoms with Crippen LogP contribution in [-0.4, -0.2) is 41.7 Å². The molecule has 1 fully saturated rings. The maximum Gasteiger partial charge on any atom is 0.241 e. The minimum Gasteiger partial charge on any atom is -0.399 e. The molecule has 1 aliphatic carbocycles. The van der Waals surface area contributed by atoms with Gasteiger partial charge in [0.1, 0.15) is 0 Å². The van der Waals surface area contributed by atoms with E-state index in [0.29, 0.717) is 11.6 Å². The Hall–Kier alpha value is -1.59. The second kappa shape index (κ2) is 6.45. The van der Waals surface area contributed by atoms with E-state index >= 15 is 0 Å². The topological polar surface area (TPSA) is 78.6 Å². The number of carbonyl (C=O) groups excluding carboxylic acids is 1. The zero-order valence-electron chi connectivity index (χ0n) is 13.0. The molecule has 1 aromatic carbocycles. The third-order valence-corrected chi connectivity index (χ3v) is 4.31. The van der Waals surface area contributed by atoms with Crippen LogP contribution in [0, 0.1) is 12.8 Å². The molecule has 116 valence electrons. The number of rotatable bonds is 5. The van der Waals surface area contributed by atoms with Gasteiger partial charge in [-0.25, -0.2) is 0 Å². The Morgan fingerprint density at radius 3 is 2.76 bits per heavy atom. The number of hydrogen-bond acceptors (Lipinski definition) is 4. The number of amides is 1. The first-order chi connectivity index (χ1) is 9.86. The molecule has 1 saturated carbocycles. The fraction of sp³-hybridized carbons (Fsp3) is 0.562. The first-order valence-electron chi connectivity index (χ1n) is 7.42. The summed E-state index contributed by atoms with van der Waals surface area (Å²) in [4.78, 5) is 14.3. The average Bonchev–Trinajstić information content (AvgIpc) is 2.39. The number of nitrogens with two attached hydrogens (primary N) is 1. The summed E-state index contributed by atoms with van der Waals surface area (Å²) in [7, 11) is 1.95. The second-order valence-electron chi connectivity index (χ2n) is 6.17.